The summed E-state index contributed by atoms with van der Waals surface area (Å²) in [4.78, 5) is 16.9. The highest BCUT2D eigenvalue weighted by Crippen LogP contribution is 2.25. The van der Waals surface area contributed by atoms with Gasteiger partial charge in [0.2, 0.25) is 11.8 Å². The topological polar surface area (TPSA) is 61.6 Å². The zero-order chi connectivity index (χ0) is 20.9. The van der Waals surface area contributed by atoms with E-state index in [9.17, 15) is 4.79 Å². The van der Waals surface area contributed by atoms with Crippen LogP contribution in [0.4, 0.5) is 11.6 Å². The molecule has 1 amide bonds. The van der Waals surface area contributed by atoms with Crippen molar-refractivity contribution < 1.29 is 9.32 Å². The fraction of sp³-hybridized carbons (Fsp3) is 0.333. The van der Waals surface area contributed by atoms with Crippen molar-refractivity contribution >= 4 is 17.5 Å². The number of benzene rings is 2. The lowest BCUT2D eigenvalue weighted by Crippen LogP contribution is -2.30. The normalized spacial score (nSPS) is 13.8. The predicted octanol–water partition coefficient (Wildman–Crippen LogP) is 4.32. The van der Waals surface area contributed by atoms with Gasteiger partial charge in [-0.2, -0.15) is 0 Å². The van der Waals surface area contributed by atoms with Crippen molar-refractivity contribution in [2.24, 2.45) is 0 Å². The first-order chi connectivity index (χ1) is 14.6. The van der Waals surface area contributed by atoms with Gasteiger partial charge in [-0.3, -0.25) is 15.0 Å². The van der Waals surface area contributed by atoms with Crippen molar-refractivity contribution in [3.63, 3.8) is 0 Å². The van der Waals surface area contributed by atoms with Gasteiger partial charge in [0.1, 0.15) is 5.69 Å². The molecule has 1 N–H and O–H groups in total. The van der Waals surface area contributed by atoms with Crippen LogP contribution in [0, 0.1) is 6.92 Å². The van der Waals surface area contributed by atoms with Gasteiger partial charge in [0.25, 0.3) is 0 Å². The summed E-state index contributed by atoms with van der Waals surface area (Å²) in [7, 11) is 1.96. The van der Waals surface area contributed by atoms with E-state index in [4.69, 9.17) is 4.52 Å². The van der Waals surface area contributed by atoms with E-state index in [-0.39, 0.29) is 12.5 Å². The number of amides is 1. The first kappa shape index (κ1) is 20.2. The molecule has 0 radical (unpaired) electrons. The van der Waals surface area contributed by atoms with Crippen molar-refractivity contribution in [3.05, 3.63) is 65.7 Å². The summed E-state index contributed by atoms with van der Waals surface area (Å²) in [5, 5.41) is 6.87. The average Bonchev–Trinajstić information content (AvgIpc) is 3.41. The molecule has 6 heteroatoms. The van der Waals surface area contributed by atoms with Crippen LogP contribution in [0.25, 0.3) is 11.3 Å². The van der Waals surface area contributed by atoms with E-state index in [1.165, 1.54) is 29.7 Å². The van der Waals surface area contributed by atoms with E-state index in [0.29, 0.717) is 18.1 Å². The van der Waals surface area contributed by atoms with Crippen LogP contribution in [-0.4, -0.2) is 42.6 Å². The summed E-state index contributed by atoms with van der Waals surface area (Å²) in [5.41, 5.74) is 5.38. The Hall–Kier alpha value is -3.12. The Balaban J connectivity index is 1.34. The minimum Gasteiger partial charge on any atom is -0.371 e. The lowest BCUT2D eigenvalue weighted by atomic mass is 10.1. The lowest BCUT2D eigenvalue weighted by molar-refractivity contribution is -0.117. The molecular formula is C24H28N4O2. The maximum absolute atomic E-state index is 12.5. The second-order valence-corrected chi connectivity index (χ2v) is 7.99. The Morgan fingerprint density at radius 2 is 1.87 bits per heavy atom. The van der Waals surface area contributed by atoms with E-state index in [1.807, 2.05) is 43.1 Å². The Morgan fingerprint density at radius 3 is 2.63 bits per heavy atom. The molecule has 0 unspecified atom stereocenters. The SMILES string of the molecule is Cc1ccc(-c2cc(NC(=O)CN(C)Cc3ccccc3N3CCCC3)on2)cc1. The average molecular weight is 405 g/mol. The zero-order valence-corrected chi connectivity index (χ0v) is 17.6. The second-order valence-electron chi connectivity index (χ2n) is 7.99. The van der Waals surface area contributed by atoms with Gasteiger partial charge in [-0.05, 0) is 38.4 Å². The summed E-state index contributed by atoms with van der Waals surface area (Å²) in [6.45, 7) is 5.24. The number of aryl methyl sites for hydroxylation is 1. The smallest absolute Gasteiger partial charge is 0.240 e. The predicted molar refractivity (Wildman–Crippen MR) is 120 cm³/mol. The van der Waals surface area contributed by atoms with Crippen LogP contribution in [0.2, 0.25) is 0 Å². The molecule has 0 saturated carbocycles. The standard InChI is InChI=1S/C24H28N4O2/c1-18-9-11-19(12-10-18)21-15-24(30-26-21)25-23(29)17-27(2)16-20-7-3-4-8-22(20)28-13-5-6-14-28/h3-4,7-12,15H,5-6,13-14,16-17H2,1-2H3,(H,25,29). The molecule has 2 heterocycles. The molecule has 0 spiro atoms. The number of anilines is 2. The Labute approximate surface area is 177 Å². The molecule has 30 heavy (non-hydrogen) atoms. The molecular weight excluding hydrogens is 376 g/mol. The van der Waals surface area contributed by atoms with Gasteiger partial charge < -0.3 is 9.42 Å². The summed E-state index contributed by atoms with van der Waals surface area (Å²) >= 11 is 0. The van der Waals surface area contributed by atoms with Crippen molar-refractivity contribution in [1.82, 2.24) is 10.1 Å². The summed E-state index contributed by atoms with van der Waals surface area (Å²) in [5.74, 6) is 0.240. The van der Waals surface area contributed by atoms with Gasteiger partial charge in [-0.25, -0.2) is 0 Å². The van der Waals surface area contributed by atoms with Gasteiger partial charge in [0, 0.05) is 37.0 Å². The monoisotopic (exact) mass is 404 g/mol. The van der Waals surface area contributed by atoms with Crippen LogP contribution >= 0.6 is 0 Å². The summed E-state index contributed by atoms with van der Waals surface area (Å²) in [6.07, 6.45) is 2.49. The molecule has 1 saturated heterocycles. The van der Waals surface area contributed by atoms with E-state index in [2.05, 4.69) is 39.6 Å². The molecule has 2 aromatic carbocycles. The van der Waals surface area contributed by atoms with Crippen LogP contribution in [-0.2, 0) is 11.3 Å². The number of carbonyl (C=O) groups is 1. The van der Waals surface area contributed by atoms with Crippen LogP contribution in [0.15, 0.2) is 59.1 Å². The van der Waals surface area contributed by atoms with E-state index in [0.717, 1.165) is 18.7 Å². The quantitative estimate of drug-likeness (QED) is 0.635. The van der Waals surface area contributed by atoms with E-state index in [1.54, 1.807) is 6.07 Å². The molecule has 4 rings (SSSR count). The number of carbonyl (C=O) groups excluding carboxylic acids is 1. The van der Waals surface area contributed by atoms with E-state index < -0.39 is 0 Å². The van der Waals surface area contributed by atoms with Crippen LogP contribution in [0.3, 0.4) is 0 Å². The van der Waals surface area contributed by atoms with Crippen LogP contribution in [0.1, 0.15) is 24.0 Å². The minimum absolute atomic E-state index is 0.122. The molecule has 1 aliphatic rings. The molecule has 1 fully saturated rings. The molecule has 0 atom stereocenters. The van der Waals surface area contributed by atoms with Gasteiger partial charge in [0.05, 0.1) is 6.54 Å². The van der Waals surface area contributed by atoms with Crippen molar-refractivity contribution in [2.75, 3.05) is 36.9 Å². The van der Waals surface area contributed by atoms with Crippen LogP contribution < -0.4 is 10.2 Å². The first-order valence-corrected chi connectivity index (χ1v) is 10.4. The highest BCUT2D eigenvalue weighted by Gasteiger charge is 2.17. The van der Waals surface area contributed by atoms with E-state index >= 15 is 0 Å². The third-order valence-electron chi connectivity index (χ3n) is 5.41. The molecule has 6 nitrogen and oxygen atoms in total. The number of nitrogens with zero attached hydrogens (tertiary/aromatic N) is 3. The van der Waals surface area contributed by atoms with Crippen molar-refractivity contribution in [2.45, 2.75) is 26.3 Å². The number of hydrogen-bond donors (Lipinski definition) is 1. The maximum atomic E-state index is 12.5. The third kappa shape index (κ3) is 4.89. The van der Waals surface area contributed by atoms with Crippen molar-refractivity contribution in [3.8, 4) is 11.3 Å². The second kappa shape index (κ2) is 9.13. The third-order valence-corrected chi connectivity index (χ3v) is 5.41. The van der Waals surface area contributed by atoms with Crippen molar-refractivity contribution in [1.29, 1.82) is 0 Å². The fourth-order valence-electron chi connectivity index (χ4n) is 3.87. The number of rotatable bonds is 7. The highest BCUT2D eigenvalue weighted by atomic mass is 16.5. The molecule has 3 aromatic rings. The molecule has 0 aliphatic carbocycles. The van der Waals surface area contributed by atoms with Gasteiger partial charge in [-0.1, -0.05) is 53.2 Å². The number of aromatic nitrogens is 1. The number of likely N-dealkylation sites (N-methyl/N-ethyl adjacent to an activating group) is 1. The van der Waals surface area contributed by atoms with Gasteiger partial charge in [-0.15, -0.1) is 0 Å². The number of nitrogens with one attached hydrogen (secondary N) is 1. The Bertz CT molecular complexity index is 990. The molecule has 1 aliphatic heterocycles. The fourth-order valence-corrected chi connectivity index (χ4v) is 3.87. The highest BCUT2D eigenvalue weighted by molar-refractivity contribution is 5.91. The Kier molecular flexibility index (Phi) is 6.14. The minimum atomic E-state index is -0.122. The molecule has 1 aromatic heterocycles. The Morgan fingerprint density at radius 1 is 1.13 bits per heavy atom. The zero-order valence-electron chi connectivity index (χ0n) is 17.6. The van der Waals surface area contributed by atoms with Gasteiger partial charge in [0.15, 0.2) is 0 Å². The van der Waals surface area contributed by atoms with Crippen LogP contribution in [0.5, 0.6) is 0 Å². The van der Waals surface area contributed by atoms with Gasteiger partial charge >= 0.3 is 0 Å². The summed E-state index contributed by atoms with van der Waals surface area (Å²) < 4.78 is 5.30. The number of para-hydroxylation sites is 1. The molecule has 0 bridgehead atoms. The number of hydrogen-bond acceptors (Lipinski definition) is 5. The first-order valence-electron chi connectivity index (χ1n) is 10.4. The molecule has 156 valence electrons. The summed E-state index contributed by atoms with van der Waals surface area (Å²) in [6, 6.07) is 18.2. The lowest BCUT2D eigenvalue weighted by Gasteiger charge is -2.24. The largest absolute Gasteiger partial charge is 0.371 e. The maximum Gasteiger partial charge on any atom is 0.240 e.